The average molecular weight is 307 g/mol. The molecule has 7 nitrogen and oxygen atoms in total. The molecule has 1 aliphatic carbocycles. The molecule has 22 heavy (non-hydrogen) atoms. The van der Waals surface area contributed by atoms with E-state index in [1.165, 1.54) is 6.07 Å². The lowest BCUT2D eigenvalue weighted by atomic mass is 10.1. The Kier molecular flexibility index (Phi) is 4.97. The van der Waals surface area contributed by atoms with Crippen molar-refractivity contribution in [3.05, 3.63) is 33.4 Å². The fraction of sp³-hybridized carbons (Fsp3) is 0.533. The Labute approximate surface area is 129 Å². The number of benzene rings is 1. The smallest absolute Gasteiger partial charge is 0.319 e. The van der Waals surface area contributed by atoms with Gasteiger partial charge < -0.3 is 15.4 Å². The Morgan fingerprint density at radius 1 is 1.32 bits per heavy atom. The van der Waals surface area contributed by atoms with Crippen molar-refractivity contribution in [3.63, 3.8) is 0 Å². The molecule has 0 spiro atoms. The summed E-state index contributed by atoms with van der Waals surface area (Å²) in [6.45, 7) is 3.48. The molecule has 7 heteroatoms. The molecule has 1 fully saturated rings. The summed E-state index contributed by atoms with van der Waals surface area (Å²) in [5.41, 5.74) is 1.80. The fourth-order valence-corrected chi connectivity index (χ4v) is 2.87. The molecule has 1 aliphatic rings. The first kappa shape index (κ1) is 16.2. The predicted octanol–water partition coefficient (Wildman–Crippen LogP) is 2.90. The summed E-state index contributed by atoms with van der Waals surface area (Å²) in [5, 5.41) is 16.6. The molecule has 0 aliphatic heterocycles. The number of rotatable bonds is 4. The molecule has 2 N–H and O–H groups in total. The van der Waals surface area contributed by atoms with Crippen LogP contribution in [0, 0.1) is 24.0 Å². The molecular formula is C15H21N3O4. The van der Waals surface area contributed by atoms with Gasteiger partial charge in [-0.25, -0.2) is 4.79 Å². The predicted molar refractivity (Wildman–Crippen MR) is 83.2 cm³/mol. The van der Waals surface area contributed by atoms with E-state index in [-0.39, 0.29) is 23.9 Å². The van der Waals surface area contributed by atoms with Gasteiger partial charge in [-0.05, 0) is 44.7 Å². The zero-order valence-electron chi connectivity index (χ0n) is 13.0. The Balaban J connectivity index is 2.08. The summed E-state index contributed by atoms with van der Waals surface area (Å²) < 4.78 is 5.33. The SMILES string of the molecule is CO[C@@H]1CCC[C@@H]1NC(=O)Nc1cc([N+](=O)[O-])c(C)cc1C. The molecule has 2 rings (SSSR count). The Hall–Kier alpha value is -2.15. The maximum atomic E-state index is 12.1. The molecule has 1 aromatic carbocycles. The Morgan fingerprint density at radius 2 is 2.05 bits per heavy atom. The van der Waals surface area contributed by atoms with Crippen LogP contribution in [0.3, 0.4) is 0 Å². The second-order valence-electron chi connectivity index (χ2n) is 5.62. The number of hydrogen-bond donors (Lipinski definition) is 2. The largest absolute Gasteiger partial charge is 0.379 e. The zero-order chi connectivity index (χ0) is 16.3. The number of methoxy groups -OCH3 is 1. The maximum Gasteiger partial charge on any atom is 0.319 e. The van der Waals surface area contributed by atoms with Crippen LogP contribution in [0.25, 0.3) is 0 Å². The minimum absolute atomic E-state index is 0.00321. The number of nitrogens with zero attached hydrogens (tertiary/aromatic N) is 1. The highest BCUT2D eigenvalue weighted by Gasteiger charge is 2.28. The summed E-state index contributed by atoms with van der Waals surface area (Å²) in [6.07, 6.45) is 2.84. The van der Waals surface area contributed by atoms with Crippen molar-refractivity contribution in [2.75, 3.05) is 12.4 Å². The Bertz CT molecular complexity index is 588. The lowest BCUT2D eigenvalue weighted by molar-refractivity contribution is -0.385. The van der Waals surface area contributed by atoms with Crippen LogP contribution < -0.4 is 10.6 Å². The van der Waals surface area contributed by atoms with E-state index < -0.39 is 4.92 Å². The van der Waals surface area contributed by atoms with E-state index in [1.807, 2.05) is 0 Å². The van der Waals surface area contributed by atoms with Gasteiger partial charge in [-0.15, -0.1) is 0 Å². The van der Waals surface area contributed by atoms with E-state index in [4.69, 9.17) is 4.74 Å². The summed E-state index contributed by atoms with van der Waals surface area (Å²) in [5.74, 6) is 0. The van der Waals surface area contributed by atoms with Crippen LogP contribution >= 0.6 is 0 Å². The van der Waals surface area contributed by atoms with Crippen LogP contribution in [0.15, 0.2) is 12.1 Å². The number of urea groups is 1. The molecule has 0 heterocycles. The van der Waals surface area contributed by atoms with Gasteiger partial charge in [-0.3, -0.25) is 10.1 Å². The van der Waals surface area contributed by atoms with Gasteiger partial charge in [-0.1, -0.05) is 0 Å². The van der Waals surface area contributed by atoms with Crippen molar-refractivity contribution in [1.29, 1.82) is 0 Å². The van der Waals surface area contributed by atoms with Crippen molar-refractivity contribution >= 4 is 17.4 Å². The van der Waals surface area contributed by atoms with E-state index in [0.717, 1.165) is 24.8 Å². The van der Waals surface area contributed by atoms with Gasteiger partial charge in [-0.2, -0.15) is 0 Å². The molecule has 1 saturated carbocycles. The van der Waals surface area contributed by atoms with Gasteiger partial charge >= 0.3 is 6.03 Å². The summed E-state index contributed by atoms with van der Waals surface area (Å²) in [4.78, 5) is 22.6. The van der Waals surface area contributed by atoms with Crippen LogP contribution in [0.2, 0.25) is 0 Å². The number of nitro benzene ring substituents is 1. The van der Waals surface area contributed by atoms with Gasteiger partial charge in [0.05, 0.1) is 22.8 Å². The first-order chi connectivity index (χ1) is 10.4. The van der Waals surface area contributed by atoms with Crippen molar-refractivity contribution < 1.29 is 14.5 Å². The lowest BCUT2D eigenvalue weighted by Gasteiger charge is -2.20. The second kappa shape index (κ2) is 6.74. The van der Waals surface area contributed by atoms with Crippen LogP contribution in [0.4, 0.5) is 16.2 Å². The Morgan fingerprint density at radius 3 is 2.68 bits per heavy atom. The van der Waals surface area contributed by atoms with Crippen molar-refractivity contribution in [1.82, 2.24) is 5.32 Å². The number of nitrogens with one attached hydrogen (secondary N) is 2. The number of hydrogen-bond acceptors (Lipinski definition) is 4. The number of amides is 2. The second-order valence-corrected chi connectivity index (χ2v) is 5.62. The fourth-order valence-electron chi connectivity index (χ4n) is 2.87. The van der Waals surface area contributed by atoms with Crippen molar-refractivity contribution in [2.45, 2.75) is 45.3 Å². The number of anilines is 1. The monoisotopic (exact) mass is 307 g/mol. The minimum Gasteiger partial charge on any atom is -0.379 e. The topological polar surface area (TPSA) is 93.5 Å². The molecule has 0 unspecified atom stereocenters. The number of carbonyl (C=O) groups is 1. The summed E-state index contributed by atoms with van der Waals surface area (Å²) in [7, 11) is 1.63. The van der Waals surface area contributed by atoms with Crippen molar-refractivity contribution in [2.24, 2.45) is 0 Å². The summed E-state index contributed by atoms with van der Waals surface area (Å²) >= 11 is 0. The quantitative estimate of drug-likeness (QED) is 0.660. The van der Waals surface area contributed by atoms with Crippen LogP contribution in [0.5, 0.6) is 0 Å². The lowest BCUT2D eigenvalue weighted by Crippen LogP contribution is -2.43. The zero-order valence-corrected chi connectivity index (χ0v) is 13.0. The van der Waals surface area contributed by atoms with Gasteiger partial charge in [0, 0.05) is 18.7 Å². The molecule has 0 saturated heterocycles. The van der Waals surface area contributed by atoms with E-state index in [1.54, 1.807) is 27.0 Å². The van der Waals surface area contributed by atoms with Gasteiger partial charge in [0.2, 0.25) is 0 Å². The number of aryl methyl sites for hydroxylation is 2. The summed E-state index contributed by atoms with van der Waals surface area (Å²) in [6, 6.07) is 2.70. The van der Waals surface area contributed by atoms with Gasteiger partial charge in [0.15, 0.2) is 0 Å². The van der Waals surface area contributed by atoms with E-state index in [9.17, 15) is 14.9 Å². The normalized spacial score (nSPS) is 20.7. The first-order valence-corrected chi connectivity index (χ1v) is 7.28. The van der Waals surface area contributed by atoms with Gasteiger partial charge in [0.25, 0.3) is 5.69 Å². The highest BCUT2D eigenvalue weighted by Crippen LogP contribution is 2.26. The van der Waals surface area contributed by atoms with Crippen LogP contribution in [0.1, 0.15) is 30.4 Å². The van der Waals surface area contributed by atoms with Crippen molar-refractivity contribution in [3.8, 4) is 0 Å². The van der Waals surface area contributed by atoms with E-state index in [2.05, 4.69) is 10.6 Å². The molecular weight excluding hydrogens is 286 g/mol. The van der Waals surface area contributed by atoms with Crippen LogP contribution in [-0.2, 0) is 4.74 Å². The maximum absolute atomic E-state index is 12.1. The standard InChI is InChI=1S/C15H21N3O4/c1-9-7-10(2)13(18(20)21)8-12(9)17-15(19)16-11-5-4-6-14(11)22-3/h7-8,11,14H,4-6H2,1-3H3,(H2,16,17,19)/t11-,14+/m0/s1. The van der Waals surface area contributed by atoms with E-state index >= 15 is 0 Å². The van der Waals surface area contributed by atoms with Gasteiger partial charge in [0.1, 0.15) is 0 Å². The molecule has 0 aromatic heterocycles. The third-order valence-corrected chi connectivity index (χ3v) is 4.06. The van der Waals surface area contributed by atoms with Crippen LogP contribution in [-0.4, -0.2) is 30.2 Å². The molecule has 0 bridgehead atoms. The molecule has 1 aromatic rings. The third kappa shape index (κ3) is 3.54. The molecule has 0 radical (unpaired) electrons. The van der Waals surface area contributed by atoms with E-state index in [0.29, 0.717) is 11.3 Å². The number of carbonyl (C=O) groups excluding carboxylic acids is 1. The minimum atomic E-state index is -0.449. The number of ether oxygens (including phenoxy) is 1. The molecule has 120 valence electrons. The highest BCUT2D eigenvalue weighted by atomic mass is 16.6. The molecule has 2 atom stereocenters. The third-order valence-electron chi connectivity index (χ3n) is 4.06. The highest BCUT2D eigenvalue weighted by molar-refractivity contribution is 5.91. The first-order valence-electron chi connectivity index (χ1n) is 7.28. The molecule has 2 amide bonds. The number of nitro groups is 1. The average Bonchev–Trinajstić information content (AvgIpc) is 2.88.